The number of amides is 1. The highest BCUT2D eigenvalue weighted by Crippen LogP contribution is 2.39. The van der Waals surface area contributed by atoms with Gasteiger partial charge in [0.2, 0.25) is 5.76 Å². The van der Waals surface area contributed by atoms with Crippen molar-refractivity contribution in [3.8, 4) is 0 Å². The van der Waals surface area contributed by atoms with Crippen LogP contribution in [0.25, 0.3) is 11.0 Å². The van der Waals surface area contributed by atoms with Crippen molar-refractivity contribution >= 4 is 40.1 Å². The van der Waals surface area contributed by atoms with Crippen molar-refractivity contribution in [2.24, 2.45) is 0 Å². The second-order valence-corrected chi connectivity index (χ2v) is 7.65. The fraction of sp³-hybridized carbons (Fsp3) is 0.0909. The average molecular weight is 426 g/mol. The maximum atomic E-state index is 13.4. The molecule has 7 heteroatoms. The number of rotatable bonds is 3. The molecule has 0 bridgehead atoms. The summed E-state index contributed by atoms with van der Waals surface area (Å²) in [5.41, 5.74) is 1.08. The molecular weight excluding hydrogens is 413 g/mol. The molecular formula is C22H13Cl2NO4. The molecule has 0 fully saturated rings. The van der Waals surface area contributed by atoms with Gasteiger partial charge in [-0.25, -0.2) is 0 Å². The Morgan fingerprint density at radius 3 is 2.45 bits per heavy atom. The van der Waals surface area contributed by atoms with E-state index in [1.165, 1.54) is 0 Å². The summed E-state index contributed by atoms with van der Waals surface area (Å²) in [4.78, 5) is 28.2. The van der Waals surface area contributed by atoms with Crippen LogP contribution in [-0.2, 0) is 6.54 Å². The quantitative estimate of drug-likeness (QED) is 0.438. The van der Waals surface area contributed by atoms with Crippen LogP contribution in [0.5, 0.6) is 0 Å². The van der Waals surface area contributed by atoms with E-state index in [-0.39, 0.29) is 23.6 Å². The van der Waals surface area contributed by atoms with Crippen molar-refractivity contribution in [3.05, 3.63) is 104 Å². The Bertz CT molecular complexity index is 1290. The molecule has 0 N–H and O–H groups in total. The van der Waals surface area contributed by atoms with Gasteiger partial charge in [0.1, 0.15) is 11.3 Å². The highest BCUT2D eigenvalue weighted by molar-refractivity contribution is 6.31. The summed E-state index contributed by atoms with van der Waals surface area (Å²) in [5, 5.41) is 1.32. The van der Waals surface area contributed by atoms with Crippen molar-refractivity contribution < 1.29 is 13.6 Å². The van der Waals surface area contributed by atoms with Crippen LogP contribution in [-0.4, -0.2) is 10.8 Å². The van der Waals surface area contributed by atoms with Gasteiger partial charge in [0.05, 0.1) is 29.8 Å². The van der Waals surface area contributed by atoms with Gasteiger partial charge < -0.3 is 13.7 Å². The third-order valence-electron chi connectivity index (χ3n) is 5.02. The van der Waals surface area contributed by atoms with Gasteiger partial charge in [-0.15, -0.1) is 0 Å². The molecule has 0 radical (unpaired) electrons. The van der Waals surface area contributed by atoms with E-state index >= 15 is 0 Å². The zero-order valence-corrected chi connectivity index (χ0v) is 16.4. The molecule has 1 atom stereocenters. The first-order valence-corrected chi connectivity index (χ1v) is 9.63. The molecule has 144 valence electrons. The summed E-state index contributed by atoms with van der Waals surface area (Å²) in [6.45, 7) is 0.194. The van der Waals surface area contributed by atoms with Gasteiger partial charge in [-0.2, -0.15) is 0 Å². The van der Waals surface area contributed by atoms with Gasteiger partial charge in [-0.1, -0.05) is 35.3 Å². The summed E-state index contributed by atoms with van der Waals surface area (Å²) in [6.07, 6.45) is 1.54. The van der Waals surface area contributed by atoms with Crippen molar-refractivity contribution in [2.75, 3.05) is 0 Å². The minimum Gasteiger partial charge on any atom is -0.467 e. The predicted molar refractivity (Wildman–Crippen MR) is 109 cm³/mol. The maximum absolute atomic E-state index is 13.4. The van der Waals surface area contributed by atoms with E-state index < -0.39 is 6.04 Å². The Hall–Kier alpha value is -3.02. The number of nitrogens with zero attached hydrogens (tertiary/aromatic N) is 1. The molecule has 0 saturated heterocycles. The number of benzene rings is 2. The van der Waals surface area contributed by atoms with E-state index in [0.29, 0.717) is 32.3 Å². The second kappa shape index (κ2) is 6.79. The molecule has 0 saturated carbocycles. The Labute approximate surface area is 175 Å². The Kier molecular flexibility index (Phi) is 4.23. The Morgan fingerprint density at radius 1 is 0.966 bits per heavy atom. The van der Waals surface area contributed by atoms with Gasteiger partial charge in [0.15, 0.2) is 5.43 Å². The van der Waals surface area contributed by atoms with Gasteiger partial charge in [0.25, 0.3) is 5.91 Å². The number of carbonyl (C=O) groups is 1. The minimum atomic E-state index is -0.625. The smallest absolute Gasteiger partial charge is 0.291 e. The fourth-order valence-corrected chi connectivity index (χ4v) is 4.02. The molecule has 5 rings (SSSR count). The van der Waals surface area contributed by atoms with Crippen LogP contribution in [0, 0.1) is 0 Å². The van der Waals surface area contributed by atoms with Gasteiger partial charge in [0, 0.05) is 10.0 Å². The Balaban J connectivity index is 1.75. The number of hydrogen-bond acceptors (Lipinski definition) is 4. The van der Waals surface area contributed by atoms with E-state index in [4.69, 9.17) is 32.0 Å². The molecule has 1 amide bonds. The number of carbonyl (C=O) groups excluding carboxylic acids is 1. The highest BCUT2D eigenvalue weighted by Gasteiger charge is 2.43. The number of fused-ring (bicyclic) bond motifs is 2. The first-order valence-electron chi connectivity index (χ1n) is 8.88. The van der Waals surface area contributed by atoms with Crippen molar-refractivity contribution in [3.63, 3.8) is 0 Å². The molecule has 4 aromatic rings. The number of halogens is 2. The number of furan rings is 1. The SMILES string of the molecule is O=C1c2oc3ccc(Cl)cc3c(=O)c2[C@@H](c2ccc(Cl)cc2)N1Cc1ccco1. The fourth-order valence-electron chi connectivity index (χ4n) is 3.72. The monoisotopic (exact) mass is 425 g/mol. The maximum Gasteiger partial charge on any atom is 0.291 e. The molecule has 1 aliphatic heterocycles. The zero-order valence-electron chi connectivity index (χ0n) is 14.9. The van der Waals surface area contributed by atoms with Crippen molar-refractivity contribution in [1.29, 1.82) is 0 Å². The first kappa shape index (κ1) is 18.0. The van der Waals surface area contributed by atoms with Crippen LogP contribution in [0.2, 0.25) is 10.0 Å². The zero-order chi connectivity index (χ0) is 20.1. The summed E-state index contributed by atoms with van der Waals surface area (Å²) in [5.74, 6) is 0.270. The van der Waals surface area contributed by atoms with Gasteiger partial charge in [-0.05, 0) is 48.0 Å². The first-order chi connectivity index (χ1) is 14.0. The molecule has 29 heavy (non-hydrogen) atoms. The molecule has 5 nitrogen and oxygen atoms in total. The van der Waals surface area contributed by atoms with Crippen LogP contribution in [0.4, 0.5) is 0 Å². The van der Waals surface area contributed by atoms with Crippen LogP contribution in [0.3, 0.4) is 0 Å². The van der Waals surface area contributed by atoms with Crippen molar-refractivity contribution in [1.82, 2.24) is 4.90 Å². The normalized spacial score (nSPS) is 15.9. The highest BCUT2D eigenvalue weighted by atomic mass is 35.5. The van der Waals surface area contributed by atoms with Gasteiger partial charge in [-0.3, -0.25) is 9.59 Å². The molecule has 1 aliphatic rings. The molecule has 2 aromatic heterocycles. The summed E-state index contributed by atoms with van der Waals surface area (Å²) >= 11 is 12.1. The van der Waals surface area contributed by atoms with E-state index in [1.54, 1.807) is 65.8 Å². The van der Waals surface area contributed by atoms with E-state index in [1.807, 2.05) is 0 Å². The summed E-state index contributed by atoms with van der Waals surface area (Å²) < 4.78 is 11.3. The lowest BCUT2D eigenvalue weighted by Gasteiger charge is -2.24. The number of hydrogen-bond donors (Lipinski definition) is 0. The minimum absolute atomic E-state index is 0.0383. The predicted octanol–water partition coefficient (Wildman–Crippen LogP) is 5.44. The molecule has 2 aromatic carbocycles. The van der Waals surface area contributed by atoms with Crippen LogP contribution in [0.1, 0.15) is 33.5 Å². The largest absolute Gasteiger partial charge is 0.467 e. The summed E-state index contributed by atoms with van der Waals surface area (Å²) in [6, 6.07) is 14.7. The lowest BCUT2D eigenvalue weighted by Crippen LogP contribution is -2.29. The third kappa shape index (κ3) is 2.94. The third-order valence-corrected chi connectivity index (χ3v) is 5.51. The van der Waals surface area contributed by atoms with E-state index in [9.17, 15) is 9.59 Å². The molecule has 0 spiro atoms. The van der Waals surface area contributed by atoms with Crippen molar-refractivity contribution in [2.45, 2.75) is 12.6 Å². The van der Waals surface area contributed by atoms with E-state index in [0.717, 1.165) is 5.56 Å². The lowest BCUT2D eigenvalue weighted by atomic mass is 9.98. The summed E-state index contributed by atoms with van der Waals surface area (Å²) in [7, 11) is 0. The topological polar surface area (TPSA) is 63.7 Å². The van der Waals surface area contributed by atoms with E-state index in [2.05, 4.69) is 0 Å². The standard InChI is InChI=1S/C22H13Cl2NO4/c23-13-5-3-12(4-6-13)19-18-20(26)16-10-14(24)7-8-17(16)29-21(18)22(27)25(19)11-15-2-1-9-28-15/h1-10,19H,11H2/t19-/m1/s1. The second-order valence-electron chi connectivity index (χ2n) is 6.78. The Morgan fingerprint density at radius 2 is 1.72 bits per heavy atom. The molecule has 0 aliphatic carbocycles. The van der Waals surface area contributed by atoms with Crippen LogP contribution in [0.15, 0.2) is 74.5 Å². The van der Waals surface area contributed by atoms with Crippen LogP contribution < -0.4 is 5.43 Å². The lowest BCUT2D eigenvalue weighted by molar-refractivity contribution is 0.0701. The molecule has 0 unspecified atom stereocenters. The van der Waals surface area contributed by atoms with Gasteiger partial charge >= 0.3 is 0 Å². The van der Waals surface area contributed by atoms with Crippen LogP contribution >= 0.6 is 23.2 Å². The molecule has 3 heterocycles. The average Bonchev–Trinajstić information content (AvgIpc) is 3.32.